The van der Waals surface area contributed by atoms with Crippen molar-refractivity contribution in [2.24, 2.45) is 0 Å². The molecule has 0 spiro atoms. The molecule has 2 rings (SSSR count). The number of hydrogen-bond donors (Lipinski definition) is 2. The van der Waals surface area contributed by atoms with Crippen LogP contribution in [0.25, 0.3) is 5.78 Å². The molecule has 0 saturated heterocycles. The molecule has 0 aromatic carbocycles. The molecular formula is C9H10N4O3S. The molecule has 7 nitrogen and oxygen atoms in total. The van der Waals surface area contributed by atoms with Crippen molar-refractivity contribution in [3.63, 3.8) is 0 Å². The van der Waals surface area contributed by atoms with E-state index in [1.807, 2.05) is 0 Å². The molecule has 0 bridgehead atoms. The van der Waals surface area contributed by atoms with Crippen molar-refractivity contribution in [2.75, 3.05) is 6.26 Å². The van der Waals surface area contributed by atoms with Crippen LogP contribution >= 0.6 is 11.8 Å². The summed E-state index contributed by atoms with van der Waals surface area (Å²) in [5, 5.41) is 10.8. The first-order valence-electron chi connectivity index (χ1n) is 4.75. The Balaban J connectivity index is 2.62. The first-order chi connectivity index (χ1) is 8.02. The number of thioether (sulfide) groups is 1. The molecule has 1 atom stereocenters. The number of H-pyrrole nitrogens is 1. The number of rotatable bonds is 3. The fourth-order valence-corrected chi connectivity index (χ4v) is 1.99. The maximum Gasteiger partial charge on any atom is 0.324 e. The first-order valence-corrected chi connectivity index (χ1v) is 6.03. The zero-order chi connectivity index (χ0) is 12.6. The van der Waals surface area contributed by atoms with Crippen molar-refractivity contribution in [3.05, 3.63) is 27.9 Å². The van der Waals surface area contributed by atoms with Gasteiger partial charge >= 0.3 is 5.97 Å². The quantitative estimate of drug-likeness (QED) is 0.812. The van der Waals surface area contributed by atoms with E-state index in [0.717, 1.165) is 16.3 Å². The Morgan fingerprint density at radius 2 is 2.29 bits per heavy atom. The van der Waals surface area contributed by atoms with Gasteiger partial charge in [-0.05, 0) is 13.2 Å². The van der Waals surface area contributed by atoms with E-state index < -0.39 is 11.2 Å². The van der Waals surface area contributed by atoms with E-state index in [1.165, 1.54) is 6.07 Å². The molecule has 2 aromatic rings. The summed E-state index contributed by atoms with van der Waals surface area (Å²) in [6.07, 6.45) is 1.66. The van der Waals surface area contributed by atoms with E-state index >= 15 is 0 Å². The Hall–Kier alpha value is -1.83. The lowest BCUT2D eigenvalue weighted by molar-refractivity contribution is -0.136. The number of aromatic amines is 1. The molecule has 0 radical (unpaired) electrons. The van der Waals surface area contributed by atoms with Crippen LogP contribution in [0.2, 0.25) is 0 Å². The summed E-state index contributed by atoms with van der Waals surface area (Å²) >= 11 is 1.12. The molecule has 0 amide bonds. The van der Waals surface area contributed by atoms with Crippen LogP contribution in [0.1, 0.15) is 16.8 Å². The number of aromatic nitrogens is 4. The summed E-state index contributed by atoms with van der Waals surface area (Å²) in [5.41, 5.74) is 0.237. The van der Waals surface area contributed by atoms with Crippen molar-refractivity contribution in [3.8, 4) is 0 Å². The summed E-state index contributed by atoms with van der Waals surface area (Å²) in [7, 11) is 0. The number of carboxylic acid groups (broad SMARTS) is 1. The van der Waals surface area contributed by atoms with Gasteiger partial charge in [0, 0.05) is 11.8 Å². The van der Waals surface area contributed by atoms with Gasteiger partial charge in [-0.15, -0.1) is 11.8 Å². The van der Waals surface area contributed by atoms with Gasteiger partial charge in [0.05, 0.1) is 0 Å². The van der Waals surface area contributed by atoms with Crippen LogP contribution < -0.4 is 5.56 Å². The standard InChI is InChI=1S/C9H10N4O3S/c1-4-3-5(14)13-9(10-4)11-7(12-13)6(17-2)8(15)16/h3,6H,1-2H3,(H,15,16)(H,10,11,12). The second-order valence-corrected chi connectivity index (χ2v) is 4.38. The Morgan fingerprint density at radius 1 is 1.59 bits per heavy atom. The minimum absolute atomic E-state index is 0.185. The molecule has 1 unspecified atom stereocenters. The molecule has 0 fully saturated rings. The minimum atomic E-state index is -1.01. The maximum absolute atomic E-state index is 11.6. The predicted octanol–water partition coefficient (Wildman–Crippen LogP) is 0.215. The van der Waals surface area contributed by atoms with E-state index in [0.29, 0.717) is 5.69 Å². The minimum Gasteiger partial charge on any atom is -0.480 e. The highest BCUT2D eigenvalue weighted by Gasteiger charge is 2.23. The predicted molar refractivity (Wildman–Crippen MR) is 62.2 cm³/mol. The number of nitrogens with zero attached hydrogens (tertiary/aromatic N) is 3. The molecular weight excluding hydrogens is 244 g/mol. The van der Waals surface area contributed by atoms with Gasteiger partial charge in [-0.3, -0.25) is 14.7 Å². The van der Waals surface area contributed by atoms with Crippen molar-refractivity contribution < 1.29 is 9.90 Å². The number of fused-ring (bicyclic) bond motifs is 1. The van der Waals surface area contributed by atoms with Gasteiger partial charge in [0.15, 0.2) is 5.25 Å². The molecule has 0 aliphatic rings. The second kappa shape index (κ2) is 4.21. The van der Waals surface area contributed by atoms with Gasteiger partial charge in [-0.25, -0.2) is 4.98 Å². The van der Waals surface area contributed by atoms with Crippen molar-refractivity contribution in [2.45, 2.75) is 12.2 Å². The number of carbonyl (C=O) groups is 1. The summed E-state index contributed by atoms with van der Waals surface area (Å²) in [6, 6.07) is 1.35. The first kappa shape index (κ1) is 11.6. The van der Waals surface area contributed by atoms with E-state index in [2.05, 4.69) is 15.1 Å². The summed E-state index contributed by atoms with van der Waals surface area (Å²) in [6.45, 7) is 1.68. The zero-order valence-corrected chi connectivity index (χ0v) is 9.98. The van der Waals surface area contributed by atoms with Gasteiger partial charge in [0.2, 0.25) is 0 Å². The fourth-order valence-electron chi connectivity index (χ4n) is 1.46. The molecule has 0 aliphatic heterocycles. The van der Waals surface area contributed by atoms with Crippen LogP contribution in [0, 0.1) is 6.92 Å². The number of aliphatic carboxylic acids is 1. The topological polar surface area (TPSA) is 100 Å². The highest BCUT2D eigenvalue weighted by atomic mass is 32.2. The maximum atomic E-state index is 11.6. The van der Waals surface area contributed by atoms with Crippen LogP contribution in [0.4, 0.5) is 0 Å². The van der Waals surface area contributed by atoms with Crippen molar-refractivity contribution in [1.82, 2.24) is 19.6 Å². The number of carboxylic acids is 1. The molecule has 2 N–H and O–H groups in total. The second-order valence-electron chi connectivity index (χ2n) is 3.43. The van der Waals surface area contributed by atoms with Crippen LogP contribution in [0.5, 0.6) is 0 Å². The third-order valence-electron chi connectivity index (χ3n) is 2.18. The normalized spacial score (nSPS) is 12.8. The fraction of sp³-hybridized carbons (Fsp3) is 0.333. The van der Waals surface area contributed by atoms with Crippen LogP contribution in [-0.4, -0.2) is 36.9 Å². The lowest BCUT2D eigenvalue weighted by Gasteiger charge is -2.03. The summed E-state index contributed by atoms with van der Waals surface area (Å²) < 4.78 is 1.13. The van der Waals surface area contributed by atoms with Gasteiger partial charge in [-0.1, -0.05) is 0 Å². The van der Waals surface area contributed by atoms with Gasteiger partial charge in [-0.2, -0.15) is 9.50 Å². The number of hydrogen-bond acceptors (Lipinski definition) is 5. The van der Waals surface area contributed by atoms with Gasteiger partial charge in [0.25, 0.3) is 11.3 Å². The van der Waals surface area contributed by atoms with Crippen molar-refractivity contribution in [1.29, 1.82) is 0 Å². The van der Waals surface area contributed by atoms with Crippen LogP contribution in [0.15, 0.2) is 10.9 Å². The highest BCUT2D eigenvalue weighted by molar-refractivity contribution is 7.99. The lowest BCUT2D eigenvalue weighted by Crippen LogP contribution is -2.15. The van der Waals surface area contributed by atoms with E-state index in [-0.39, 0.29) is 17.2 Å². The van der Waals surface area contributed by atoms with Gasteiger partial charge < -0.3 is 5.11 Å². The highest BCUT2D eigenvalue weighted by Crippen LogP contribution is 2.23. The molecule has 2 aromatic heterocycles. The Bertz CT molecular complexity index is 633. The van der Waals surface area contributed by atoms with Crippen LogP contribution in [0.3, 0.4) is 0 Å². The third-order valence-corrected chi connectivity index (χ3v) is 3.08. The average molecular weight is 254 g/mol. The van der Waals surface area contributed by atoms with Crippen LogP contribution in [-0.2, 0) is 4.79 Å². The molecule has 0 aliphatic carbocycles. The van der Waals surface area contributed by atoms with Gasteiger partial charge in [0.1, 0.15) is 5.82 Å². The Kier molecular flexibility index (Phi) is 2.88. The van der Waals surface area contributed by atoms with E-state index in [9.17, 15) is 9.59 Å². The molecule has 8 heteroatoms. The SMILES string of the molecule is CSC(C(=O)O)c1nc2nc(C)cc(=O)n2[nH]1. The van der Waals surface area contributed by atoms with E-state index in [1.54, 1.807) is 13.2 Å². The molecule has 17 heavy (non-hydrogen) atoms. The monoisotopic (exact) mass is 254 g/mol. The Morgan fingerprint density at radius 3 is 2.88 bits per heavy atom. The summed E-state index contributed by atoms with van der Waals surface area (Å²) in [4.78, 5) is 30.6. The smallest absolute Gasteiger partial charge is 0.324 e. The third kappa shape index (κ3) is 2.03. The summed E-state index contributed by atoms with van der Waals surface area (Å²) in [5.74, 6) is -0.619. The number of nitrogens with one attached hydrogen (secondary N) is 1. The van der Waals surface area contributed by atoms with E-state index in [4.69, 9.17) is 5.11 Å². The largest absolute Gasteiger partial charge is 0.480 e. The molecule has 2 heterocycles. The average Bonchev–Trinajstić information content (AvgIpc) is 2.61. The zero-order valence-electron chi connectivity index (χ0n) is 9.17. The Labute approximate surface area is 99.9 Å². The molecule has 0 saturated carbocycles. The lowest BCUT2D eigenvalue weighted by atomic mass is 10.4. The van der Waals surface area contributed by atoms with Crippen molar-refractivity contribution >= 4 is 23.5 Å². The molecule has 90 valence electrons. The number of aryl methyl sites for hydroxylation is 1.